The fourth-order valence-corrected chi connectivity index (χ4v) is 5.36. The first-order valence-electron chi connectivity index (χ1n) is 9.66. The lowest BCUT2D eigenvalue weighted by Gasteiger charge is -2.12. The first-order valence-corrected chi connectivity index (χ1v) is 11.5. The van der Waals surface area contributed by atoms with Crippen molar-refractivity contribution in [1.82, 2.24) is 15.1 Å². The highest BCUT2D eigenvalue weighted by Gasteiger charge is 2.36. The van der Waals surface area contributed by atoms with Crippen LogP contribution in [0.2, 0.25) is 0 Å². The maximum Gasteiger partial charge on any atom is 0.271 e. The zero-order chi connectivity index (χ0) is 19.7. The van der Waals surface area contributed by atoms with Crippen LogP contribution in [0.15, 0.2) is 30.3 Å². The van der Waals surface area contributed by atoms with Gasteiger partial charge in [0.1, 0.15) is 11.4 Å². The van der Waals surface area contributed by atoms with E-state index in [9.17, 15) is 13.2 Å². The van der Waals surface area contributed by atoms with Crippen LogP contribution in [0, 0.1) is 0 Å². The molecule has 0 unspecified atom stereocenters. The number of nitrogens with one attached hydrogen (secondary N) is 1. The van der Waals surface area contributed by atoms with Crippen LogP contribution >= 0.6 is 0 Å². The first-order chi connectivity index (χ1) is 13.4. The predicted octanol–water partition coefficient (Wildman–Crippen LogP) is 2.10. The van der Waals surface area contributed by atoms with Crippen molar-refractivity contribution < 1.29 is 17.9 Å². The van der Waals surface area contributed by atoms with Crippen molar-refractivity contribution in [1.29, 1.82) is 0 Å². The SMILES string of the molecule is COc1ccc(CCNC(=O)c2cc(C3CC3)n([C@H]3CCS(=O)(=O)C3)n2)cc1. The average molecular weight is 404 g/mol. The second-order valence-corrected chi connectivity index (χ2v) is 9.81. The Morgan fingerprint density at radius 1 is 1.25 bits per heavy atom. The largest absolute Gasteiger partial charge is 0.497 e. The van der Waals surface area contributed by atoms with E-state index in [1.165, 1.54) is 0 Å². The smallest absolute Gasteiger partial charge is 0.271 e. The molecular formula is C20H25N3O4S. The minimum Gasteiger partial charge on any atom is -0.497 e. The summed E-state index contributed by atoms with van der Waals surface area (Å²) in [5.41, 5.74) is 2.49. The molecule has 7 nitrogen and oxygen atoms in total. The maximum absolute atomic E-state index is 12.6. The van der Waals surface area contributed by atoms with Crippen LogP contribution in [0.1, 0.15) is 53.0 Å². The topological polar surface area (TPSA) is 90.3 Å². The van der Waals surface area contributed by atoms with Crippen molar-refractivity contribution >= 4 is 15.7 Å². The van der Waals surface area contributed by atoms with E-state index in [1.54, 1.807) is 11.8 Å². The quantitative estimate of drug-likeness (QED) is 0.765. The standard InChI is InChI=1S/C20H25N3O4S/c1-27-17-6-2-14(3-7-17)8-10-21-20(24)18-12-19(15-4-5-15)23(22-18)16-9-11-28(25,26)13-16/h2-3,6-7,12,15-16H,4-5,8-11,13H2,1H3,(H,21,24)/t16-/m0/s1. The Balaban J connectivity index is 1.40. The molecule has 0 radical (unpaired) electrons. The monoisotopic (exact) mass is 403 g/mol. The minimum absolute atomic E-state index is 0.118. The number of nitrogens with zero attached hydrogens (tertiary/aromatic N) is 2. The number of rotatable bonds is 7. The van der Waals surface area contributed by atoms with E-state index < -0.39 is 9.84 Å². The van der Waals surface area contributed by atoms with Crippen LogP contribution < -0.4 is 10.1 Å². The normalized spacial score (nSPS) is 20.8. The third-order valence-corrected chi connectivity index (χ3v) is 7.16. The molecule has 1 N–H and O–H groups in total. The van der Waals surface area contributed by atoms with Gasteiger partial charge in [-0.05, 0) is 49.4 Å². The Morgan fingerprint density at radius 2 is 2.00 bits per heavy atom. The van der Waals surface area contributed by atoms with Crippen LogP contribution in [0.3, 0.4) is 0 Å². The zero-order valence-corrected chi connectivity index (χ0v) is 16.7. The Morgan fingerprint density at radius 3 is 2.61 bits per heavy atom. The van der Waals surface area contributed by atoms with Gasteiger partial charge in [-0.1, -0.05) is 12.1 Å². The Hall–Kier alpha value is -2.35. The molecular weight excluding hydrogens is 378 g/mol. The second kappa shape index (κ2) is 7.58. The first kappa shape index (κ1) is 19.0. The summed E-state index contributed by atoms with van der Waals surface area (Å²) in [7, 11) is -1.37. The summed E-state index contributed by atoms with van der Waals surface area (Å²) in [5.74, 6) is 1.31. The van der Waals surface area contributed by atoms with E-state index >= 15 is 0 Å². The Kier molecular flexibility index (Phi) is 5.14. The molecule has 2 fully saturated rings. The number of carbonyl (C=O) groups excluding carboxylic acids is 1. The highest BCUT2D eigenvalue weighted by Crippen LogP contribution is 2.42. The van der Waals surface area contributed by atoms with Gasteiger partial charge in [0.15, 0.2) is 9.84 Å². The lowest BCUT2D eigenvalue weighted by Crippen LogP contribution is -2.26. The molecule has 2 heterocycles. The lowest BCUT2D eigenvalue weighted by molar-refractivity contribution is 0.0948. The molecule has 28 heavy (non-hydrogen) atoms. The molecule has 1 aliphatic heterocycles. The molecule has 1 aromatic heterocycles. The fraction of sp³-hybridized carbons (Fsp3) is 0.500. The van der Waals surface area contributed by atoms with Crippen LogP contribution in [-0.2, 0) is 16.3 Å². The molecule has 1 saturated carbocycles. The van der Waals surface area contributed by atoms with Gasteiger partial charge in [0.25, 0.3) is 5.91 Å². The second-order valence-electron chi connectivity index (χ2n) is 7.58. The molecule has 1 atom stereocenters. The maximum atomic E-state index is 12.6. The van der Waals surface area contributed by atoms with Crippen molar-refractivity contribution in [3.05, 3.63) is 47.3 Å². The number of benzene rings is 1. The summed E-state index contributed by atoms with van der Waals surface area (Å²) >= 11 is 0. The molecule has 0 bridgehead atoms. The summed E-state index contributed by atoms with van der Waals surface area (Å²) < 4.78 is 30.6. The molecule has 2 aliphatic rings. The van der Waals surface area contributed by atoms with E-state index in [0.29, 0.717) is 31.0 Å². The number of sulfone groups is 1. The molecule has 0 spiro atoms. The van der Waals surface area contributed by atoms with Gasteiger partial charge in [0, 0.05) is 18.2 Å². The van der Waals surface area contributed by atoms with E-state index in [4.69, 9.17) is 4.74 Å². The van der Waals surface area contributed by atoms with Crippen LogP contribution in [0.5, 0.6) is 5.75 Å². The number of amides is 1. The van der Waals surface area contributed by atoms with Gasteiger partial charge < -0.3 is 10.1 Å². The summed E-state index contributed by atoms with van der Waals surface area (Å²) in [6.45, 7) is 0.509. The summed E-state index contributed by atoms with van der Waals surface area (Å²) in [6.07, 6.45) is 3.43. The highest BCUT2D eigenvalue weighted by molar-refractivity contribution is 7.91. The molecule has 1 amide bonds. The zero-order valence-electron chi connectivity index (χ0n) is 15.9. The number of methoxy groups -OCH3 is 1. The van der Waals surface area contributed by atoms with Crippen molar-refractivity contribution in [2.24, 2.45) is 0 Å². The van der Waals surface area contributed by atoms with Crippen molar-refractivity contribution in [2.45, 2.75) is 37.6 Å². The van der Waals surface area contributed by atoms with Gasteiger partial charge in [-0.25, -0.2) is 8.42 Å². The molecule has 1 aromatic carbocycles. The summed E-state index contributed by atoms with van der Waals surface area (Å²) in [6, 6.07) is 9.44. The number of hydrogen-bond acceptors (Lipinski definition) is 5. The van der Waals surface area contributed by atoms with Gasteiger partial charge in [0.05, 0.1) is 24.7 Å². The van der Waals surface area contributed by atoms with Crippen LogP contribution in [-0.4, -0.2) is 49.3 Å². The molecule has 4 rings (SSSR count). The highest BCUT2D eigenvalue weighted by atomic mass is 32.2. The average Bonchev–Trinajstić information content (AvgIpc) is 3.32. The number of hydrogen-bond donors (Lipinski definition) is 1. The Labute approximate surface area is 165 Å². The summed E-state index contributed by atoms with van der Waals surface area (Å²) in [5, 5.41) is 7.41. The van der Waals surface area contributed by atoms with Crippen LogP contribution in [0.4, 0.5) is 0 Å². The Bertz CT molecular complexity index is 962. The van der Waals surface area contributed by atoms with E-state index in [2.05, 4.69) is 10.4 Å². The van der Waals surface area contributed by atoms with Crippen molar-refractivity contribution in [2.75, 3.05) is 25.2 Å². The van der Waals surface area contributed by atoms with Crippen molar-refractivity contribution in [3.8, 4) is 5.75 Å². The molecule has 2 aromatic rings. The third-order valence-electron chi connectivity index (χ3n) is 5.41. The van der Waals surface area contributed by atoms with E-state index in [-0.39, 0.29) is 23.5 Å². The fourth-order valence-electron chi connectivity index (χ4n) is 3.67. The van der Waals surface area contributed by atoms with Crippen LogP contribution in [0.25, 0.3) is 0 Å². The molecule has 1 saturated heterocycles. The third kappa shape index (κ3) is 4.22. The van der Waals surface area contributed by atoms with Crippen molar-refractivity contribution in [3.63, 3.8) is 0 Å². The molecule has 150 valence electrons. The number of ether oxygens (including phenoxy) is 1. The van der Waals surface area contributed by atoms with E-state index in [1.807, 2.05) is 30.3 Å². The molecule has 8 heteroatoms. The minimum atomic E-state index is -3.00. The van der Waals surface area contributed by atoms with Gasteiger partial charge in [-0.15, -0.1) is 0 Å². The van der Waals surface area contributed by atoms with Gasteiger partial charge >= 0.3 is 0 Å². The molecule has 1 aliphatic carbocycles. The predicted molar refractivity (Wildman–Crippen MR) is 106 cm³/mol. The van der Waals surface area contributed by atoms with Gasteiger partial charge in [-0.3, -0.25) is 9.48 Å². The lowest BCUT2D eigenvalue weighted by atomic mass is 10.1. The van der Waals surface area contributed by atoms with Gasteiger partial charge in [0.2, 0.25) is 0 Å². The number of aromatic nitrogens is 2. The number of carbonyl (C=O) groups is 1. The van der Waals surface area contributed by atoms with E-state index in [0.717, 1.165) is 29.8 Å². The van der Waals surface area contributed by atoms with Gasteiger partial charge in [-0.2, -0.15) is 5.10 Å². The summed E-state index contributed by atoms with van der Waals surface area (Å²) in [4.78, 5) is 12.6.